The van der Waals surface area contributed by atoms with E-state index in [1.54, 1.807) is 6.92 Å². The predicted octanol–water partition coefficient (Wildman–Crippen LogP) is 8.40. The summed E-state index contributed by atoms with van der Waals surface area (Å²) in [5.74, 6) is 0.699. The zero-order chi connectivity index (χ0) is 24.3. The molecular formula is C33H29O2. The fourth-order valence-corrected chi connectivity index (χ4v) is 3.71. The summed E-state index contributed by atoms with van der Waals surface area (Å²) in [6, 6.07) is 34.7. The van der Waals surface area contributed by atoms with Gasteiger partial charge in [0.2, 0.25) is 0 Å². The second-order valence-corrected chi connectivity index (χ2v) is 8.33. The molecule has 0 aromatic heterocycles. The Bertz CT molecular complexity index is 1290. The van der Waals surface area contributed by atoms with Gasteiger partial charge in [0.25, 0.3) is 0 Å². The molecule has 4 rings (SSSR count). The van der Waals surface area contributed by atoms with Crippen LogP contribution in [0, 0.1) is 0 Å². The molecule has 0 N–H and O–H groups in total. The van der Waals surface area contributed by atoms with Crippen LogP contribution in [0.2, 0.25) is 0 Å². The zero-order valence-corrected chi connectivity index (χ0v) is 19.9. The van der Waals surface area contributed by atoms with Crippen LogP contribution >= 0.6 is 0 Å². The minimum atomic E-state index is -0.804. The van der Waals surface area contributed by atoms with E-state index >= 15 is 0 Å². The van der Waals surface area contributed by atoms with Crippen molar-refractivity contribution in [2.75, 3.05) is 6.61 Å². The van der Waals surface area contributed by atoms with E-state index in [2.05, 4.69) is 78.9 Å². The molecule has 2 heteroatoms. The lowest BCUT2D eigenvalue weighted by Gasteiger charge is -2.15. The fourth-order valence-electron chi connectivity index (χ4n) is 3.71. The van der Waals surface area contributed by atoms with Gasteiger partial charge in [-0.05, 0) is 40.8 Å². The van der Waals surface area contributed by atoms with Crippen LogP contribution in [0.3, 0.4) is 0 Å². The molecule has 4 aromatic rings. The maximum Gasteiger partial charge on any atom is 0.127 e. The third-order valence-corrected chi connectivity index (χ3v) is 5.49. The molecule has 0 amide bonds. The van der Waals surface area contributed by atoms with Gasteiger partial charge in [0.15, 0.2) is 0 Å². The van der Waals surface area contributed by atoms with Crippen molar-refractivity contribution in [2.24, 2.45) is 0 Å². The van der Waals surface area contributed by atoms with Gasteiger partial charge in [-0.2, -0.15) is 0 Å². The van der Waals surface area contributed by atoms with Crippen molar-refractivity contribution in [3.8, 4) is 5.75 Å². The third kappa shape index (κ3) is 7.17. The molecule has 0 saturated heterocycles. The van der Waals surface area contributed by atoms with Crippen molar-refractivity contribution < 1.29 is 9.84 Å². The van der Waals surface area contributed by atoms with E-state index < -0.39 is 6.10 Å². The van der Waals surface area contributed by atoms with E-state index in [0.717, 1.165) is 33.4 Å². The van der Waals surface area contributed by atoms with Crippen LogP contribution in [0.4, 0.5) is 0 Å². The largest absolute Gasteiger partial charge is 0.490 e. The number of ether oxygens (including phenoxy) is 1. The third-order valence-electron chi connectivity index (χ3n) is 5.49. The quantitative estimate of drug-likeness (QED) is 0.232. The Labute approximate surface area is 208 Å². The minimum Gasteiger partial charge on any atom is -0.490 e. The molecule has 0 aliphatic rings. The molecule has 0 spiro atoms. The van der Waals surface area contributed by atoms with Crippen LogP contribution in [0.1, 0.15) is 40.3 Å². The molecule has 35 heavy (non-hydrogen) atoms. The highest BCUT2D eigenvalue weighted by molar-refractivity contribution is 5.87. The van der Waals surface area contributed by atoms with Gasteiger partial charge in [-0.1, -0.05) is 134 Å². The first-order valence-corrected chi connectivity index (χ1v) is 11.8. The van der Waals surface area contributed by atoms with Crippen molar-refractivity contribution in [3.05, 3.63) is 137 Å². The SMILES string of the molecule is CC([O])COc1ccc(C=Cc2ccccc2)c(C=Cc2ccccc2)c1C=Cc1ccccc1. The smallest absolute Gasteiger partial charge is 0.127 e. The van der Waals surface area contributed by atoms with E-state index in [0.29, 0.717) is 5.75 Å². The summed E-state index contributed by atoms with van der Waals surface area (Å²) in [7, 11) is 0. The summed E-state index contributed by atoms with van der Waals surface area (Å²) in [4.78, 5) is 0. The number of benzene rings is 4. The highest BCUT2D eigenvalue weighted by atomic mass is 16.5. The Morgan fingerprint density at radius 3 is 1.51 bits per heavy atom. The molecule has 1 radical (unpaired) electrons. The summed E-state index contributed by atoms with van der Waals surface area (Å²) in [5.41, 5.74) is 6.38. The molecule has 0 heterocycles. The van der Waals surface area contributed by atoms with Gasteiger partial charge < -0.3 is 4.74 Å². The summed E-state index contributed by atoms with van der Waals surface area (Å²) in [5, 5.41) is 11.7. The van der Waals surface area contributed by atoms with Gasteiger partial charge in [-0.3, -0.25) is 0 Å². The molecule has 0 aliphatic heterocycles. The van der Waals surface area contributed by atoms with Crippen molar-refractivity contribution in [1.82, 2.24) is 0 Å². The fraction of sp³-hybridized carbons (Fsp3) is 0.0909. The first-order valence-electron chi connectivity index (χ1n) is 11.8. The van der Waals surface area contributed by atoms with E-state index in [1.807, 2.05) is 60.7 Å². The molecule has 4 aromatic carbocycles. The Morgan fingerprint density at radius 1 is 0.571 bits per heavy atom. The van der Waals surface area contributed by atoms with E-state index in [1.165, 1.54) is 0 Å². The van der Waals surface area contributed by atoms with Gasteiger partial charge >= 0.3 is 0 Å². The van der Waals surface area contributed by atoms with Crippen LogP contribution in [-0.4, -0.2) is 12.7 Å². The van der Waals surface area contributed by atoms with Gasteiger partial charge in [-0.25, -0.2) is 5.11 Å². The van der Waals surface area contributed by atoms with Gasteiger partial charge in [0.1, 0.15) is 18.5 Å². The summed E-state index contributed by atoms with van der Waals surface area (Å²) < 4.78 is 5.98. The molecule has 1 unspecified atom stereocenters. The van der Waals surface area contributed by atoms with Crippen LogP contribution in [0.5, 0.6) is 5.75 Å². The van der Waals surface area contributed by atoms with Crippen LogP contribution < -0.4 is 4.74 Å². The summed E-state index contributed by atoms with van der Waals surface area (Å²) in [6.45, 7) is 1.74. The lowest BCUT2D eigenvalue weighted by atomic mass is 9.96. The van der Waals surface area contributed by atoms with Gasteiger partial charge in [0, 0.05) is 5.56 Å². The first kappa shape index (κ1) is 24.0. The number of hydrogen-bond acceptors (Lipinski definition) is 1. The topological polar surface area (TPSA) is 29.1 Å². The molecular weight excluding hydrogens is 428 g/mol. The Hall–Kier alpha value is -4.14. The average Bonchev–Trinajstić information content (AvgIpc) is 2.90. The van der Waals surface area contributed by atoms with Gasteiger partial charge in [-0.15, -0.1) is 0 Å². The standard InChI is InChI=1S/C33H29O2/c1-26(34)25-35-33-24-21-30(20-17-27-11-5-2-6-12-27)31(22-18-28-13-7-3-8-14-28)32(33)23-19-29-15-9-4-10-16-29/h2-24,26H,25H2,1H3. The number of hydrogen-bond donors (Lipinski definition) is 0. The van der Waals surface area contributed by atoms with Crippen molar-refractivity contribution in [2.45, 2.75) is 13.0 Å². The van der Waals surface area contributed by atoms with E-state index in [4.69, 9.17) is 4.74 Å². The number of rotatable bonds is 9. The van der Waals surface area contributed by atoms with Gasteiger partial charge in [0.05, 0.1) is 0 Å². The molecule has 0 saturated carbocycles. The predicted molar refractivity (Wildman–Crippen MR) is 148 cm³/mol. The lowest BCUT2D eigenvalue weighted by molar-refractivity contribution is 0.0584. The highest BCUT2D eigenvalue weighted by Gasteiger charge is 2.11. The maximum absolute atomic E-state index is 11.7. The molecule has 0 aliphatic carbocycles. The lowest BCUT2D eigenvalue weighted by Crippen LogP contribution is -2.12. The Morgan fingerprint density at radius 2 is 1.03 bits per heavy atom. The summed E-state index contributed by atoms with van der Waals surface area (Å²) >= 11 is 0. The Balaban J connectivity index is 1.82. The minimum absolute atomic E-state index is 0.118. The summed E-state index contributed by atoms with van der Waals surface area (Å²) in [6.07, 6.45) is 11.8. The molecule has 2 nitrogen and oxygen atoms in total. The van der Waals surface area contributed by atoms with Crippen LogP contribution in [-0.2, 0) is 5.11 Å². The average molecular weight is 458 g/mol. The normalized spacial score (nSPS) is 12.5. The Kier molecular flexibility index (Phi) is 8.47. The van der Waals surface area contributed by atoms with E-state index in [-0.39, 0.29) is 6.61 Å². The van der Waals surface area contributed by atoms with Crippen LogP contribution in [0.25, 0.3) is 36.5 Å². The molecule has 0 bridgehead atoms. The van der Waals surface area contributed by atoms with Crippen LogP contribution in [0.15, 0.2) is 103 Å². The van der Waals surface area contributed by atoms with E-state index in [9.17, 15) is 5.11 Å². The monoisotopic (exact) mass is 457 g/mol. The molecule has 1 atom stereocenters. The maximum atomic E-state index is 11.7. The zero-order valence-electron chi connectivity index (χ0n) is 19.9. The van der Waals surface area contributed by atoms with Crippen molar-refractivity contribution >= 4 is 36.5 Å². The van der Waals surface area contributed by atoms with Crippen molar-refractivity contribution in [1.29, 1.82) is 0 Å². The molecule has 173 valence electrons. The molecule has 0 fully saturated rings. The highest BCUT2D eigenvalue weighted by Crippen LogP contribution is 2.31. The second-order valence-electron chi connectivity index (χ2n) is 8.33. The first-order chi connectivity index (χ1) is 17.2. The second kappa shape index (κ2) is 12.4. The van der Waals surface area contributed by atoms with Crippen molar-refractivity contribution in [3.63, 3.8) is 0 Å².